The smallest absolute Gasteiger partial charge is 0.144 e. The van der Waals surface area contributed by atoms with Gasteiger partial charge in [-0.25, -0.2) is 0 Å². The molecule has 1 nitrogen and oxygen atoms in total. The van der Waals surface area contributed by atoms with Gasteiger partial charge in [-0.15, -0.1) is 11.3 Å². The van der Waals surface area contributed by atoms with Crippen LogP contribution in [0.1, 0.15) is 50.7 Å². The first-order chi connectivity index (χ1) is 7.58. The fourth-order valence-electron chi connectivity index (χ4n) is 1.57. The van der Waals surface area contributed by atoms with Crippen LogP contribution in [0.2, 0.25) is 0 Å². The highest BCUT2D eigenvalue weighted by atomic mass is 32.1. The zero-order valence-corrected chi connectivity index (χ0v) is 11.1. The highest BCUT2D eigenvalue weighted by Crippen LogP contribution is 2.32. The molecule has 0 spiro atoms. The zero-order chi connectivity index (χ0) is 11.7. The van der Waals surface area contributed by atoms with Crippen LogP contribution in [-0.2, 0) is 0 Å². The first kappa shape index (κ1) is 11.5. The minimum absolute atomic E-state index is 0.530. The van der Waals surface area contributed by atoms with Crippen LogP contribution >= 0.6 is 11.3 Å². The van der Waals surface area contributed by atoms with Crippen molar-refractivity contribution in [2.24, 2.45) is 0 Å². The topological polar surface area (TPSA) is 13.1 Å². The molecule has 2 aromatic rings. The lowest BCUT2D eigenvalue weighted by Gasteiger charge is -1.97. The van der Waals surface area contributed by atoms with Crippen molar-refractivity contribution in [2.75, 3.05) is 0 Å². The van der Waals surface area contributed by atoms with Gasteiger partial charge in [-0.3, -0.25) is 0 Å². The molecule has 0 aliphatic heterocycles. The molecule has 2 aromatic heterocycles. The van der Waals surface area contributed by atoms with Crippen molar-refractivity contribution in [3.05, 3.63) is 34.9 Å². The summed E-state index contributed by atoms with van der Waals surface area (Å²) in [5.74, 6) is 2.12. The summed E-state index contributed by atoms with van der Waals surface area (Å²) in [7, 11) is 0. The summed E-state index contributed by atoms with van der Waals surface area (Å²) in [6, 6.07) is 4.39. The Morgan fingerprint density at radius 2 is 1.69 bits per heavy atom. The normalized spacial score (nSPS) is 11.6. The van der Waals surface area contributed by atoms with Crippen molar-refractivity contribution >= 4 is 11.3 Å². The van der Waals surface area contributed by atoms with Crippen molar-refractivity contribution in [3.8, 4) is 10.6 Å². The molecule has 0 fully saturated rings. The Bertz CT molecular complexity index is 418. The van der Waals surface area contributed by atoms with Gasteiger partial charge in [-0.2, -0.15) is 0 Å². The highest BCUT2D eigenvalue weighted by Gasteiger charge is 2.10. The molecule has 0 aromatic carbocycles. The van der Waals surface area contributed by atoms with Gasteiger partial charge in [0.1, 0.15) is 5.76 Å². The maximum Gasteiger partial charge on any atom is 0.144 e. The predicted octanol–water partition coefficient (Wildman–Crippen LogP) is 5.25. The molecule has 16 heavy (non-hydrogen) atoms. The van der Waals surface area contributed by atoms with Crippen molar-refractivity contribution in [2.45, 2.75) is 39.5 Å². The van der Waals surface area contributed by atoms with Gasteiger partial charge in [-0.05, 0) is 40.5 Å². The van der Waals surface area contributed by atoms with Gasteiger partial charge in [0.25, 0.3) is 0 Å². The average Bonchev–Trinajstić information content (AvgIpc) is 2.86. The summed E-state index contributed by atoms with van der Waals surface area (Å²) in [6.07, 6.45) is 1.87. The standard InChI is InChI=1S/C14H18OS/c1-9(2)11-5-13(15-7-11)14-6-12(8-16-14)10(3)4/h5-10H,1-4H3. The van der Waals surface area contributed by atoms with Crippen molar-refractivity contribution < 1.29 is 4.42 Å². The Morgan fingerprint density at radius 3 is 2.19 bits per heavy atom. The highest BCUT2D eigenvalue weighted by molar-refractivity contribution is 7.13. The Labute approximate surface area is 101 Å². The lowest BCUT2D eigenvalue weighted by Crippen LogP contribution is -1.81. The van der Waals surface area contributed by atoms with Gasteiger partial charge < -0.3 is 4.42 Å². The van der Waals surface area contributed by atoms with Crippen LogP contribution in [0.3, 0.4) is 0 Å². The van der Waals surface area contributed by atoms with Crippen LogP contribution in [-0.4, -0.2) is 0 Å². The second kappa shape index (κ2) is 4.46. The van der Waals surface area contributed by atoms with E-state index in [1.54, 1.807) is 11.3 Å². The predicted molar refractivity (Wildman–Crippen MR) is 70.2 cm³/mol. The van der Waals surface area contributed by atoms with E-state index >= 15 is 0 Å². The van der Waals surface area contributed by atoms with E-state index in [0.29, 0.717) is 11.8 Å². The third kappa shape index (κ3) is 2.22. The van der Waals surface area contributed by atoms with Crippen molar-refractivity contribution in [1.29, 1.82) is 0 Å². The monoisotopic (exact) mass is 234 g/mol. The minimum atomic E-state index is 0.530. The Balaban J connectivity index is 2.28. The quantitative estimate of drug-likeness (QED) is 0.706. The van der Waals surface area contributed by atoms with Gasteiger partial charge in [0.15, 0.2) is 0 Å². The number of hydrogen-bond acceptors (Lipinski definition) is 2. The molecule has 0 unspecified atom stereocenters. The number of furan rings is 1. The van der Waals surface area contributed by atoms with E-state index in [2.05, 4.69) is 45.2 Å². The van der Waals surface area contributed by atoms with Gasteiger partial charge in [-0.1, -0.05) is 27.7 Å². The first-order valence-corrected chi connectivity index (χ1v) is 6.63. The number of hydrogen-bond donors (Lipinski definition) is 0. The lowest BCUT2D eigenvalue weighted by molar-refractivity contribution is 0.577. The third-order valence-electron chi connectivity index (χ3n) is 2.82. The van der Waals surface area contributed by atoms with Gasteiger partial charge >= 0.3 is 0 Å². The summed E-state index contributed by atoms with van der Waals surface area (Å²) >= 11 is 1.76. The van der Waals surface area contributed by atoms with E-state index < -0.39 is 0 Å². The Morgan fingerprint density at radius 1 is 1.00 bits per heavy atom. The van der Waals surface area contributed by atoms with E-state index in [1.165, 1.54) is 16.0 Å². The lowest BCUT2D eigenvalue weighted by atomic mass is 10.1. The van der Waals surface area contributed by atoms with Crippen LogP contribution in [0.4, 0.5) is 0 Å². The molecule has 2 heterocycles. The van der Waals surface area contributed by atoms with Crippen LogP contribution < -0.4 is 0 Å². The summed E-state index contributed by atoms with van der Waals surface area (Å²) in [5.41, 5.74) is 2.66. The molecule has 0 aliphatic carbocycles. The molecule has 0 bridgehead atoms. The average molecular weight is 234 g/mol. The third-order valence-corrected chi connectivity index (χ3v) is 3.78. The Kier molecular flexibility index (Phi) is 3.20. The SMILES string of the molecule is CC(C)c1coc(-c2cc(C(C)C)cs2)c1. The van der Waals surface area contributed by atoms with E-state index in [-0.39, 0.29) is 0 Å². The summed E-state index contributed by atoms with van der Waals surface area (Å²) in [6.45, 7) is 8.80. The molecule has 2 rings (SSSR count). The van der Waals surface area contributed by atoms with Crippen LogP contribution in [0, 0.1) is 0 Å². The fourth-order valence-corrected chi connectivity index (χ4v) is 2.60. The molecule has 0 saturated heterocycles. The molecule has 0 amide bonds. The molecular weight excluding hydrogens is 216 g/mol. The molecule has 2 heteroatoms. The van der Waals surface area contributed by atoms with Gasteiger partial charge in [0, 0.05) is 0 Å². The molecule has 0 N–H and O–H groups in total. The van der Waals surface area contributed by atoms with Gasteiger partial charge in [0.05, 0.1) is 11.1 Å². The summed E-state index contributed by atoms with van der Waals surface area (Å²) in [5, 5.41) is 2.22. The summed E-state index contributed by atoms with van der Waals surface area (Å²) < 4.78 is 5.62. The van der Waals surface area contributed by atoms with E-state index in [1.807, 2.05) is 6.26 Å². The number of rotatable bonds is 3. The van der Waals surface area contributed by atoms with E-state index in [9.17, 15) is 0 Å². The van der Waals surface area contributed by atoms with Crippen molar-refractivity contribution in [3.63, 3.8) is 0 Å². The first-order valence-electron chi connectivity index (χ1n) is 5.75. The molecule has 0 saturated carbocycles. The zero-order valence-electron chi connectivity index (χ0n) is 10.3. The van der Waals surface area contributed by atoms with E-state index in [4.69, 9.17) is 4.42 Å². The van der Waals surface area contributed by atoms with Gasteiger partial charge in [0.2, 0.25) is 0 Å². The molecular formula is C14H18OS. The Hall–Kier alpha value is -1.02. The van der Waals surface area contributed by atoms with Crippen LogP contribution in [0.25, 0.3) is 10.6 Å². The van der Waals surface area contributed by atoms with Crippen LogP contribution in [0.5, 0.6) is 0 Å². The maximum atomic E-state index is 5.62. The molecule has 86 valence electrons. The number of thiophene rings is 1. The second-order valence-electron chi connectivity index (χ2n) is 4.80. The summed E-state index contributed by atoms with van der Waals surface area (Å²) in [4.78, 5) is 1.23. The maximum absolute atomic E-state index is 5.62. The minimum Gasteiger partial charge on any atom is -0.463 e. The molecule has 0 atom stereocenters. The fraction of sp³-hybridized carbons (Fsp3) is 0.429. The largest absolute Gasteiger partial charge is 0.463 e. The van der Waals surface area contributed by atoms with E-state index in [0.717, 1.165) is 5.76 Å². The molecule has 0 aliphatic rings. The molecule has 0 radical (unpaired) electrons. The second-order valence-corrected chi connectivity index (χ2v) is 5.71. The van der Waals surface area contributed by atoms with Crippen LogP contribution in [0.15, 0.2) is 28.2 Å². The van der Waals surface area contributed by atoms with Crippen molar-refractivity contribution in [1.82, 2.24) is 0 Å².